The molecule has 0 aliphatic heterocycles. The monoisotopic (exact) mass is 1360 g/mol. The molecule has 0 saturated carbocycles. The molecule has 4 aromatic rings. The molecule has 0 unspecified atom stereocenters. The van der Waals surface area contributed by atoms with Crippen molar-refractivity contribution in [3.63, 3.8) is 0 Å². The first-order valence-electron chi connectivity index (χ1n) is 22.1. The van der Waals surface area contributed by atoms with E-state index in [-0.39, 0.29) is 0 Å². The Balaban J connectivity index is 1.77. The predicted molar refractivity (Wildman–Crippen MR) is 302 cm³/mol. The summed E-state index contributed by atoms with van der Waals surface area (Å²) < 4.78 is 14.4. The summed E-state index contributed by atoms with van der Waals surface area (Å²) in [6, 6.07) is 33.2. The molecule has 4 rings (SSSR count). The van der Waals surface area contributed by atoms with Gasteiger partial charge in [0.1, 0.15) is 0 Å². The maximum atomic E-state index is 2.76. The fourth-order valence-corrected chi connectivity index (χ4v) is 65.7. The maximum absolute atomic E-state index is 2.76. The van der Waals surface area contributed by atoms with Crippen LogP contribution in [0.25, 0.3) is 0 Å². The van der Waals surface area contributed by atoms with Crippen molar-refractivity contribution in [1.82, 2.24) is 0 Å². The Bertz CT molecular complexity index is 1640. The van der Waals surface area contributed by atoms with Gasteiger partial charge in [0.2, 0.25) is 0 Å². The van der Waals surface area contributed by atoms with Crippen molar-refractivity contribution in [2.45, 2.75) is 160 Å². The van der Waals surface area contributed by atoms with Crippen molar-refractivity contribution in [2.24, 2.45) is 0 Å². The van der Waals surface area contributed by atoms with Crippen molar-refractivity contribution in [1.29, 1.82) is 0 Å². The number of hydrogen-bond acceptors (Lipinski definition) is 4. The quantitative estimate of drug-likeness (QED) is 0.0774. The van der Waals surface area contributed by atoms with Crippen molar-refractivity contribution in [2.75, 3.05) is 0 Å². The topological polar surface area (TPSA) is 0 Å². The third-order valence-corrected chi connectivity index (χ3v) is 81.8. The average Bonchev–Trinajstić information content (AvgIpc) is 3.89. The summed E-state index contributed by atoms with van der Waals surface area (Å²) in [5.74, 6) is 0. The van der Waals surface area contributed by atoms with E-state index in [0.29, 0.717) is 0 Å². The van der Waals surface area contributed by atoms with Crippen LogP contribution in [-0.4, -0.2) is 114 Å². The molecule has 13 heteroatoms. The van der Waals surface area contributed by atoms with Gasteiger partial charge in [0.15, 0.2) is 0 Å². The van der Waals surface area contributed by atoms with Crippen molar-refractivity contribution in [3.8, 4) is 0 Å². The summed E-state index contributed by atoms with van der Waals surface area (Å²) in [5.41, 5.74) is 0. The first-order valence-corrected chi connectivity index (χ1v) is 81.0. The molecule has 0 amide bonds. The van der Waals surface area contributed by atoms with Gasteiger partial charge in [0.05, 0.1) is 0 Å². The molecule has 320 valence electrons. The Morgan fingerprint density at radius 2 is 0.474 bits per heavy atom. The molecule has 0 saturated heterocycles. The summed E-state index contributed by atoms with van der Waals surface area (Å²) >= 11 is 0.693. The van der Waals surface area contributed by atoms with Gasteiger partial charge in [-0.3, -0.25) is 0 Å². The van der Waals surface area contributed by atoms with Gasteiger partial charge in [0.25, 0.3) is 0 Å². The van der Waals surface area contributed by atoms with E-state index in [0.717, 1.165) is 0 Å². The minimum atomic E-state index is -2.09. The van der Waals surface area contributed by atoms with E-state index >= 15 is 0 Å². The van der Waals surface area contributed by atoms with E-state index in [1.807, 2.05) is 18.0 Å². The van der Waals surface area contributed by atoms with Gasteiger partial charge >= 0.3 is 397 Å². The first kappa shape index (κ1) is 52.7. The van der Waals surface area contributed by atoms with Crippen LogP contribution in [0.3, 0.4) is 0 Å². The predicted octanol–water partition coefficient (Wildman–Crippen LogP) is 12.3. The van der Waals surface area contributed by atoms with E-state index < -0.39 is 114 Å². The Kier molecular flexibility index (Phi) is 18.0. The van der Waals surface area contributed by atoms with Gasteiger partial charge in [-0.2, -0.15) is 0 Å². The van der Waals surface area contributed by atoms with Gasteiger partial charge in [-0.1, -0.05) is 0 Å². The fourth-order valence-electron chi connectivity index (χ4n) is 7.97. The van der Waals surface area contributed by atoms with Gasteiger partial charge in [-0.15, -0.1) is 0 Å². The average molecular weight is 1360 g/mol. The van der Waals surface area contributed by atoms with Gasteiger partial charge in [-0.05, 0) is 0 Å². The molecule has 0 aromatic carbocycles. The van der Waals surface area contributed by atoms with Crippen LogP contribution in [0.15, 0.2) is 48.5 Å². The second kappa shape index (κ2) is 19.5. The van der Waals surface area contributed by atoms with Crippen molar-refractivity contribution >= 4 is 189 Å². The Hall–Kier alpha value is 3.08. The zero-order valence-corrected chi connectivity index (χ0v) is 60.1. The molecule has 0 radical (unpaired) electrons. The van der Waals surface area contributed by atoms with Crippen LogP contribution in [0.2, 0.25) is 160 Å². The van der Waals surface area contributed by atoms with Gasteiger partial charge in [0, 0.05) is 0 Å². The zero-order chi connectivity index (χ0) is 43.3. The molecule has 0 nitrogen and oxygen atoms in total. The summed E-state index contributed by atoms with van der Waals surface area (Å²) in [5, 5.41) is 0. The molecule has 4 heterocycles. The molecule has 57 heavy (non-hydrogen) atoms. The Morgan fingerprint density at radius 3 is 0.614 bits per heavy atom. The number of rotatable bonds is 20. The molecule has 0 spiro atoms. The molecule has 4 aromatic heterocycles. The van der Waals surface area contributed by atoms with E-state index in [1.165, 1.54) is 24.2 Å². The van der Waals surface area contributed by atoms with Gasteiger partial charge in [-0.25, -0.2) is 0 Å². The fraction of sp³-hybridized carbons (Fsp3) is 0.636. The van der Waals surface area contributed by atoms with Crippen LogP contribution in [-0.2, 0) is 0 Å². The molecular weight excluding hydrogens is 1270 g/mol. The Labute approximate surface area is 391 Å². The molecule has 0 aliphatic rings. The molecule has 0 N–H and O–H groups in total. The zero-order valence-electron chi connectivity index (χ0n) is 40.4. The van der Waals surface area contributed by atoms with Crippen LogP contribution in [0.1, 0.15) is 0 Å². The Morgan fingerprint density at radius 1 is 0.298 bits per heavy atom. The van der Waals surface area contributed by atoms with Crippen LogP contribution in [0, 0.1) is 0 Å². The van der Waals surface area contributed by atoms with Crippen LogP contribution in [0.5, 0.6) is 0 Å². The molecular formula is C44H84S4Si5Sn4. The standard InChI is InChI=1S/C32H48S4Si5.12CH3.4Sn/c1-37(2,29-13-9-17-33-29)21-25-41(26-22-38(3,4)30-14-10-18-34-30,27-23-39(5,6)31-15-11-19-35-31)28-24-40(7,8)32-16-12-20-36-32;;;;;;;;;;;;;;;;/h9-16H,21-28H2,1-8H3;12*1H3;;;;. The molecule has 0 bridgehead atoms. The van der Waals surface area contributed by atoms with E-state index in [9.17, 15) is 0 Å². The summed E-state index contributed by atoms with van der Waals surface area (Å²) in [6.45, 7) is 22.1. The summed E-state index contributed by atoms with van der Waals surface area (Å²) in [4.78, 5) is 31.4. The third kappa shape index (κ3) is 14.5. The molecule has 0 aliphatic carbocycles. The normalized spacial score (nSPS) is 14.5. The summed E-state index contributed by atoms with van der Waals surface area (Å²) in [6.07, 6.45) is 0. The number of thiophene rings is 4. The minimum absolute atomic E-state index is 1.51. The second-order valence-electron chi connectivity index (χ2n) is 24.7. The second-order valence-corrected chi connectivity index (χ2v) is 116. The first-order chi connectivity index (χ1) is 25.7. The van der Waals surface area contributed by atoms with Crippen LogP contribution < -0.4 is 29.6 Å². The van der Waals surface area contributed by atoms with Gasteiger partial charge < -0.3 is 0 Å². The molecule has 0 fully saturated rings. The van der Waals surface area contributed by atoms with E-state index in [2.05, 4.69) is 206 Å². The number of hydrogen-bond donors (Lipinski definition) is 0. The van der Waals surface area contributed by atoms with Crippen molar-refractivity contribution < 1.29 is 0 Å². The third-order valence-electron chi connectivity index (χ3n) is 13.2. The van der Waals surface area contributed by atoms with E-state index in [1.54, 1.807) is 35.7 Å². The van der Waals surface area contributed by atoms with E-state index in [4.69, 9.17) is 0 Å². The van der Waals surface area contributed by atoms with Crippen molar-refractivity contribution in [3.05, 3.63) is 48.5 Å². The summed E-state index contributed by atoms with van der Waals surface area (Å²) in [7, 11) is -7.95. The van der Waals surface area contributed by atoms with Crippen LogP contribution in [0.4, 0.5) is 0 Å². The van der Waals surface area contributed by atoms with Crippen LogP contribution >= 0.6 is 45.3 Å². The SMILES string of the molecule is C[Si](C)(CC[Si](CC[Si](C)(C)c1cc[c]([Sn]([CH3])([CH3])[CH3])s1)(CC[Si](C)(C)c1cc[c]([Sn]([CH3])([CH3])[CH3])s1)CC[Si](C)(C)c1cc[c]([Sn]([CH3])([CH3])[CH3])s1)c1cc[c]([Sn]([CH3])([CH3])[CH3])s1. The molecule has 0 atom stereocenters.